The van der Waals surface area contributed by atoms with Gasteiger partial charge in [-0.15, -0.1) is 5.10 Å². The van der Waals surface area contributed by atoms with Gasteiger partial charge < -0.3 is 5.73 Å². The number of carbonyl (C=O) groups excluding carboxylic acids is 2. The van der Waals surface area contributed by atoms with Crippen LogP contribution in [0.4, 0.5) is 4.39 Å². The van der Waals surface area contributed by atoms with E-state index in [0.29, 0.717) is 29.9 Å². The van der Waals surface area contributed by atoms with Gasteiger partial charge >= 0.3 is 0 Å². The molecule has 0 atom stereocenters. The smallest absolute Gasteiger partial charge is 0.251 e. The van der Waals surface area contributed by atoms with Gasteiger partial charge in [-0.05, 0) is 24.0 Å². The van der Waals surface area contributed by atoms with Crippen LogP contribution in [0.3, 0.4) is 0 Å². The maximum absolute atomic E-state index is 13.9. The third kappa shape index (κ3) is 2.28. The third-order valence-corrected chi connectivity index (χ3v) is 3.78. The van der Waals surface area contributed by atoms with Crippen LogP contribution in [0.25, 0.3) is 5.69 Å². The molecule has 7 heteroatoms. The van der Waals surface area contributed by atoms with Crippen molar-refractivity contribution in [2.45, 2.75) is 26.7 Å². The summed E-state index contributed by atoms with van der Waals surface area (Å²) in [5.74, 6) is -1.62. The van der Waals surface area contributed by atoms with Crippen molar-refractivity contribution >= 4 is 11.7 Å². The van der Waals surface area contributed by atoms with Gasteiger partial charge in [0.2, 0.25) is 0 Å². The van der Waals surface area contributed by atoms with Crippen molar-refractivity contribution in [3.8, 4) is 5.69 Å². The molecule has 0 unspecified atom stereocenters. The number of benzene rings is 1. The lowest BCUT2D eigenvalue weighted by molar-refractivity contribution is 0.0905. The predicted octanol–water partition coefficient (Wildman–Crippen LogP) is 1.66. The first kappa shape index (κ1) is 14.4. The molecule has 2 aromatic rings. The number of aromatic nitrogens is 3. The number of nitrogens with zero attached hydrogens (tertiary/aromatic N) is 3. The molecule has 6 nitrogen and oxygen atoms in total. The van der Waals surface area contributed by atoms with Gasteiger partial charge in [-0.1, -0.05) is 19.1 Å². The Morgan fingerprint density at radius 2 is 2.09 bits per heavy atom. The number of amides is 1. The lowest BCUT2D eigenvalue weighted by atomic mass is 9.77. The lowest BCUT2D eigenvalue weighted by Gasteiger charge is -2.27. The van der Waals surface area contributed by atoms with Gasteiger partial charge in [-0.2, -0.15) is 0 Å². The van der Waals surface area contributed by atoms with Crippen molar-refractivity contribution in [3.63, 3.8) is 0 Å². The van der Waals surface area contributed by atoms with E-state index in [4.69, 9.17) is 5.73 Å². The topological polar surface area (TPSA) is 90.9 Å². The van der Waals surface area contributed by atoms with Gasteiger partial charge in [0.1, 0.15) is 5.82 Å². The zero-order valence-electron chi connectivity index (χ0n) is 12.3. The van der Waals surface area contributed by atoms with Crippen LogP contribution in [0.1, 0.15) is 46.8 Å². The number of halogens is 1. The molecular weight excluding hydrogens is 287 g/mol. The van der Waals surface area contributed by atoms with E-state index in [1.807, 2.05) is 13.8 Å². The molecule has 1 amide bonds. The second kappa shape index (κ2) is 4.72. The normalized spacial score (nSPS) is 16.4. The highest BCUT2D eigenvalue weighted by molar-refractivity contribution is 5.97. The number of hydrogen-bond acceptors (Lipinski definition) is 4. The molecule has 0 spiro atoms. The maximum atomic E-state index is 13.9. The largest absolute Gasteiger partial charge is 0.366 e. The minimum atomic E-state index is -0.832. The Labute approximate surface area is 126 Å². The van der Waals surface area contributed by atoms with Crippen molar-refractivity contribution in [2.24, 2.45) is 11.1 Å². The van der Waals surface area contributed by atoms with E-state index < -0.39 is 11.7 Å². The highest BCUT2D eigenvalue weighted by Gasteiger charge is 2.35. The Balaban J connectivity index is 2.10. The van der Waals surface area contributed by atoms with Crippen LogP contribution >= 0.6 is 0 Å². The number of nitrogens with two attached hydrogens (primary N) is 1. The fourth-order valence-corrected chi connectivity index (χ4v) is 2.75. The molecule has 1 heterocycles. The van der Waals surface area contributed by atoms with Gasteiger partial charge in [0.25, 0.3) is 5.91 Å². The highest BCUT2D eigenvalue weighted by Crippen LogP contribution is 2.34. The number of ketones is 1. The number of hydrogen-bond donors (Lipinski definition) is 1. The molecule has 0 saturated heterocycles. The molecular formula is C15H15FN4O2. The van der Waals surface area contributed by atoms with E-state index in [2.05, 4.69) is 10.3 Å². The van der Waals surface area contributed by atoms with Gasteiger partial charge in [-0.25, -0.2) is 9.07 Å². The summed E-state index contributed by atoms with van der Waals surface area (Å²) in [5.41, 5.74) is 6.10. The first-order chi connectivity index (χ1) is 10.3. The van der Waals surface area contributed by atoms with Gasteiger partial charge in [-0.3, -0.25) is 9.59 Å². The Morgan fingerprint density at radius 1 is 1.36 bits per heavy atom. The first-order valence-corrected chi connectivity index (χ1v) is 6.86. The van der Waals surface area contributed by atoms with E-state index in [1.165, 1.54) is 22.9 Å². The fourth-order valence-electron chi connectivity index (χ4n) is 2.75. The summed E-state index contributed by atoms with van der Waals surface area (Å²) in [7, 11) is 0. The molecule has 0 bridgehead atoms. The van der Waals surface area contributed by atoms with E-state index in [-0.39, 0.29) is 16.8 Å². The van der Waals surface area contributed by atoms with Crippen molar-refractivity contribution in [1.82, 2.24) is 15.0 Å². The molecule has 0 radical (unpaired) electrons. The lowest BCUT2D eigenvalue weighted by Crippen LogP contribution is -2.28. The van der Waals surface area contributed by atoms with Crippen molar-refractivity contribution in [3.05, 3.63) is 41.0 Å². The molecule has 0 fully saturated rings. The van der Waals surface area contributed by atoms with Crippen LogP contribution in [0.5, 0.6) is 0 Å². The summed E-state index contributed by atoms with van der Waals surface area (Å²) in [5, 5.41) is 7.88. The number of carbonyl (C=O) groups is 2. The third-order valence-electron chi connectivity index (χ3n) is 3.78. The molecule has 1 aromatic heterocycles. The minimum absolute atomic E-state index is 0.0632. The molecule has 22 heavy (non-hydrogen) atoms. The Bertz CT molecular complexity index is 795. The molecule has 3 rings (SSSR count). The molecule has 0 aliphatic heterocycles. The molecule has 0 saturated carbocycles. The van der Waals surface area contributed by atoms with Crippen LogP contribution in [0.15, 0.2) is 18.2 Å². The minimum Gasteiger partial charge on any atom is -0.366 e. The summed E-state index contributed by atoms with van der Waals surface area (Å²) in [4.78, 5) is 23.2. The van der Waals surface area contributed by atoms with Crippen LogP contribution in [0.2, 0.25) is 0 Å². The molecule has 1 aliphatic carbocycles. The molecule has 114 valence electrons. The van der Waals surface area contributed by atoms with Crippen molar-refractivity contribution in [1.29, 1.82) is 0 Å². The van der Waals surface area contributed by atoms with Crippen LogP contribution in [-0.4, -0.2) is 26.7 Å². The monoisotopic (exact) mass is 302 g/mol. The summed E-state index contributed by atoms with van der Waals surface area (Å²) in [6.45, 7) is 3.98. The predicted molar refractivity (Wildman–Crippen MR) is 76.3 cm³/mol. The van der Waals surface area contributed by atoms with Gasteiger partial charge in [0.15, 0.2) is 11.5 Å². The second-order valence-corrected chi connectivity index (χ2v) is 6.27. The van der Waals surface area contributed by atoms with Gasteiger partial charge in [0.05, 0.1) is 16.9 Å². The van der Waals surface area contributed by atoms with E-state index in [9.17, 15) is 14.0 Å². The standard InChI is InChI=1S/C15H15FN4O2/c1-15(2)6-11-13(12(21)7-15)18-19-20(11)8-3-4-9(14(17)22)10(16)5-8/h3-5H,6-7H2,1-2H3,(H2,17,22). The first-order valence-electron chi connectivity index (χ1n) is 6.86. The second-order valence-electron chi connectivity index (χ2n) is 6.27. The van der Waals surface area contributed by atoms with Crippen LogP contribution in [0, 0.1) is 11.2 Å². The SMILES string of the molecule is CC1(C)CC(=O)c2nnn(-c3ccc(C(N)=O)c(F)c3)c2C1. The summed E-state index contributed by atoms with van der Waals surface area (Å²) < 4.78 is 15.4. The summed E-state index contributed by atoms with van der Waals surface area (Å²) in [6, 6.07) is 4.00. The highest BCUT2D eigenvalue weighted by atomic mass is 19.1. The van der Waals surface area contributed by atoms with Crippen molar-refractivity contribution < 1.29 is 14.0 Å². The Morgan fingerprint density at radius 3 is 2.73 bits per heavy atom. The molecule has 1 aromatic carbocycles. The van der Waals surface area contributed by atoms with Crippen molar-refractivity contribution in [2.75, 3.05) is 0 Å². The number of fused-ring (bicyclic) bond motifs is 1. The fraction of sp³-hybridized carbons (Fsp3) is 0.333. The molecule has 1 aliphatic rings. The van der Waals surface area contributed by atoms with E-state index in [0.717, 1.165) is 0 Å². The average molecular weight is 302 g/mol. The number of rotatable bonds is 2. The molecule has 2 N–H and O–H groups in total. The maximum Gasteiger partial charge on any atom is 0.251 e. The number of Topliss-reactive ketones (excluding diaryl/α,β-unsaturated/α-hetero) is 1. The Hall–Kier alpha value is -2.57. The Kier molecular flexibility index (Phi) is 3.09. The van der Waals surface area contributed by atoms with Crippen LogP contribution in [-0.2, 0) is 6.42 Å². The van der Waals surface area contributed by atoms with E-state index in [1.54, 1.807) is 0 Å². The number of primary amides is 1. The zero-order chi connectivity index (χ0) is 16.1. The van der Waals surface area contributed by atoms with Gasteiger partial charge in [0, 0.05) is 12.5 Å². The zero-order valence-corrected chi connectivity index (χ0v) is 12.3. The van der Waals surface area contributed by atoms with Crippen LogP contribution < -0.4 is 5.73 Å². The summed E-state index contributed by atoms with van der Waals surface area (Å²) in [6.07, 6.45) is 1.02. The quantitative estimate of drug-likeness (QED) is 0.913. The van der Waals surface area contributed by atoms with E-state index >= 15 is 0 Å². The average Bonchev–Trinajstić information content (AvgIpc) is 2.80. The summed E-state index contributed by atoms with van der Waals surface area (Å²) >= 11 is 0.